The highest BCUT2D eigenvalue weighted by Gasteiger charge is 2.21. The van der Waals surface area contributed by atoms with E-state index in [1.54, 1.807) is 6.07 Å². The molecule has 4 heteroatoms. The Hall–Kier alpha value is -1.55. The molecule has 1 saturated heterocycles. The van der Waals surface area contributed by atoms with Gasteiger partial charge < -0.3 is 15.2 Å². The lowest BCUT2D eigenvalue weighted by Gasteiger charge is -2.22. The predicted molar refractivity (Wildman–Crippen MR) is 69.6 cm³/mol. The molecule has 18 heavy (non-hydrogen) atoms. The summed E-state index contributed by atoms with van der Waals surface area (Å²) in [4.78, 5) is 12.1. The van der Waals surface area contributed by atoms with Crippen molar-refractivity contribution in [1.29, 1.82) is 0 Å². The van der Waals surface area contributed by atoms with E-state index in [1.807, 2.05) is 19.9 Å². The fourth-order valence-electron chi connectivity index (χ4n) is 2.16. The van der Waals surface area contributed by atoms with Crippen LogP contribution in [0.3, 0.4) is 0 Å². The van der Waals surface area contributed by atoms with Crippen molar-refractivity contribution in [3.8, 4) is 0 Å². The number of nitrogens with two attached hydrogens (primary N) is 1. The molecule has 0 bridgehead atoms. The molecular weight excluding hydrogens is 230 g/mol. The minimum Gasteiger partial charge on any atom is -0.459 e. The van der Waals surface area contributed by atoms with Crippen molar-refractivity contribution in [2.45, 2.75) is 32.8 Å². The van der Waals surface area contributed by atoms with Gasteiger partial charge in [0, 0.05) is 18.5 Å². The molecule has 1 aromatic carbocycles. The third-order valence-corrected chi connectivity index (χ3v) is 3.19. The first-order chi connectivity index (χ1) is 8.58. The minimum absolute atomic E-state index is 0.0496. The standard InChI is InChI=1S/C14H19NO3/c1-9-7-10(2)13(15)12(8-9)14(16)18-11-3-5-17-6-4-11/h7-8,11H,3-6,15H2,1-2H3. The van der Waals surface area contributed by atoms with Crippen LogP contribution in [0.2, 0.25) is 0 Å². The van der Waals surface area contributed by atoms with Gasteiger partial charge in [-0.2, -0.15) is 0 Å². The highest BCUT2D eigenvalue weighted by Crippen LogP contribution is 2.22. The monoisotopic (exact) mass is 249 g/mol. The molecule has 0 saturated carbocycles. The van der Waals surface area contributed by atoms with Gasteiger partial charge in [-0.25, -0.2) is 4.79 Å². The summed E-state index contributed by atoms with van der Waals surface area (Å²) in [6.45, 7) is 5.14. The van der Waals surface area contributed by atoms with Crippen LogP contribution in [0.15, 0.2) is 12.1 Å². The second kappa shape index (κ2) is 5.40. The molecule has 0 aliphatic carbocycles. The van der Waals surface area contributed by atoms with Gasteiger partial charge in [-0.15, -0.1) is 0 Å². The first-order valence-electron chi connectivity index (χ1n) is 6.23. The summed E-state index contributed by atoms with van der Waals surface area (Å²) in [5.41, 5.74) is 8.84. The molecule has 0 aromatic heterocycles. The Morgan fingerprint density at radius 2 is 2.00 bits per heavy atom. The lowest BCUT2D eigenvalue weighted by Crippen LogP contribution is -2.26. The van der Waals surface area contributed by atoms with Gasteiger partial charge in [-0.05, 0) is 31.0 Å². The Morgan fingerprint density at radius 3 is 2.67 bits per heavy atom. The number of esters is 1. The van der Waals surface area contributed by atoms with E-state index in [0.717, 1.165) is 24.0 Å². The van der Waals surface area contributed by atoms with Crippen molar-refractivity contribution < 1.29 is 14.3 Å². The van der Waals surface area contributed by atoms with Crippen LogP contribution in [-0.4, -0.2) is 25.3 Å². The number of carbonyl (C=O) groups excluding carboxylic acids is 1. The number of rotatable bonds is 2. The smallest absolute Gasteiger partial charge is 0.340 e. The Balaban J connectivity index is 2.13. The molecule has 2 N–H and O–H groups in total. The molecule has 1 fully saturated rings. The Kier molecular flexibility index (Phi) is 3.87. The van der Waals surface area contributed by atoms with Gasteiger partial charge in [0.05, 0.1) is 18.8 Å². The Labute approximate surface area is 107 Å². The zero-order valence-corrected chi connectivity index (χ0v) is 10.9. The van der Waals surface area contributed by atoms with Crippen LogP contribution in [0.4, 0.5) is 5.69 Å². The molecule has 0 spiro atoms. The predicted octanol–water partition coefficient (Wildman–Crippen LogP) is 2.22. The molecule has 1 aliphatic rings. The summed E-state index contributed by atoms with van der Waals surface area (Å²) in [5, 5.41) is 0. The van der Waals surface area contributed by atoms with Crippen molar-refractivity contribution in [2.24, 2.45) is 0 Å². The third-order valence-electron chi connectivity index (χ3n) is 3.19. The highest BCUT2D eigenvalue weighted by molar-refractivity contribution is 5.96. The normalized spacial score (nSPS) is 16.6. The summed E-state index contributed by atoms with van der Waals surface area (Å²) in [7, 11) is 0. The summed E-state index contributed by atoms with van der Waals surface area (Å²) >= 11 is 0. The SMILES string of the molecule is Cc1cc(C)c(N)c(C(=O)OC2CCOCC2)c1. The maximum Gasteiger partial charge on any atom is 0.340 e. The molecule has 0 amide bonds. The van der Waals surface area contributed by atoms with E-state index in [4.69, 9.17) is 15.2 Å². The van der Waals surface area contributed by atoms with E-state index in [1.165, 1.54) is 0 Å². The molecule has 0 unspecified atom stereocenters. The van der Waals surface area contributed by atoms with E-state index < -0.39 is 0 Å². The summed E-state index contributed by atoms with van der Waals surface area (Å²) < 4.78 is 10.7. The van der Waals surface area contributed by atoms with Crippen molar-refractivity contribution in [2.75, 3.05) is 18.9 Å². The molecule has 0 radical (unpaired) electrons. The molecule has 2 rings (SSSR count). The van der Waals surface area contributed by atoms with Crippen LogP contribution in [-0.2, 0) is 9.47 Å². The van der Waals surface area contributed by atoms with Gasteiger partial charge in [-0.3, -0.25) is 0 Å². The van der Waals surface area contributed by atoms with Gasteiger partial charge in [0.25, 0.3) is 0 Å². The van der Waals surface area contributed by atoms with Crippen LogP contribution in [0, 0.1) is 13.8 Å². The number of hydrogen-bond donors (Lipinski definition) is 1. The summed E-state index contributed by atoms with van der Waals surface area (Å²) in [6.07, 6.45) is 1.47. The Morgan fingerprint density at radius 1 is 1.33 bits per heavy atom. The van der Waals surface area contributed by atoms with Crippen LogP contribution in [0.1, 0.15) is 34.3 Å². The maximum atomic E-state index is 12.1. The molecule has 4 nitrogen and oxygen atoms in total. The van der Waals surface area contributed by atoms with Gasteiger partial charge in [0.15, 0.2) is 0 Å². The topological polar surface area (TPSA) is 61.6 Å². The van der Waals surface area contributed by atoms with Crippen molar-refractivity contribution >= 4 is 11.7 Å². The van der Waals surface area contributed by atoms with Gasteiger partial charge >= 0.3 is 5.97 Å². The molecule has 98 valence electrons. The third kappa shape index (κ3) is 2.82. The lowest BCUT2D eigenvalue weighted by atomic mass is 10.0. The zero-order chi connectivity index (χ0) is 13.1. The van der Waals surface area contributed by atoms with E-state index >= 15 is 0 Å². The maximum absolute atomic E-state index is 12.1. The second-order valence-corrected chi connectivity index (χ2v) is 4.76. The average Bonchev–Trinajstić information content (AvgIpc) is 2.35. The lowest BCUT2D eigenvalue weighted by molar-refractivity contribution is -0.0158. The van der Waals surface area contributed by atoms with E-state index in [-0.39, 0.29) is 12.1 Å². The molecule has 1 aromatic rings. The molecular formula is C14H19NO3. The molecule has 1 heterocycles. The Bertz CT molecular complexity index is 451. The number of carbonyl (C=O) groups is 1. The number of anilines is 1. The minimum atomic E-state index is -0.328. The van der Waals surface area contributed by atoms with Gasteiger partial charge in [-0.1, -0.05) is 6.07 Å². The zero-order valence-electron chi connectivity index (χ0n) is 10.9. The number of aryl methyl sites for hydroxylation is 2. The van der Waals surface area contributed by atoms with Gasteiger partial charge in [0.2, 0.25) is 0 Å². The van der Waals surface area contributed by atoms with E-state index in [2.05, 4.69) is 0 Å². The van der Waals surface area contributed by atoms with Gasteiger partial charge in [0.1, 0.15) is 6.10 Å². The van der Waals surface area contributed by atoms with Crippen molar-refractivity contribution in [1.82, 2.24) is 0 Å². The fourth-order valence-corrected chi connectivity index (χ4v) is 2.16. The largest absolute Gasteiger partial charge is 0.459 e. The number of hydrogen-bond acceptors (Lipinski definition) is 4. The van der Waals surface area contributed by atoms with E-state index in [9.17, 15) is 4.79 Å². The summed E-state index contributed by atoms with van der Waals surface area (Å²) in [5.74, 6) is -0.328. The second-order valence-electron chi connectivity index (χ2n) is 4.76. The molecule has 1 aliphatic heterocycles. The van der Waals surface area contributed by atoms with Crippen molar-refractivity contribution in [3.05, 3.63) is 28.8 Å². The van der Waals surface area contributed by atoms with Crippen LogP contribution < -0.4 is 5.73 Å². The fraction of sp³-hybridized carbons (Fsp3) is 0.500. The average molecular weight is 249 g/mol. The quantitative estimate of drug-likeness (QED) is 0.645. The molecule has 0 atom stereocenters. The highest BCUT2D eigenvalue weighted by atomic mass is 16.6. The van der Waals surface area contributed by atoms with E-state index in [0.29, 0.717) is 24.5 Å². The van der Waals surface area contributed by atoms with Crippen LogP contribution in [0.5, 0.6) is 0 Å². The number of nitrogen functional groups attached to an aromatic ring is 1. The van der Waals surface area contributed by atoms with Crippen molar-refractivity contribution in [3.63, 3.8) is 0 Å². The van der Waals surface area contributed by atoms with Crippen LogP contribution >= 0.6 is 0 Å². The number of ether oxygens (including phenoxy) is 2. The number of benzene rings is 1. The first kappa shape index (κ1) is 12.9. The van der Waals surface area contributed by atoms with Crippen LogP contribution in [0.25, 0.3) is 0 Å². The first-order valence-corrected chi connectivity index (χ1v) is 6.23. The summed E-state index contributed by atoms with van der Waals surface area (Å²) in [6, 6.07) is 3.74.